The number of benzene rings is 1. The Morgan fingerprint density at radius 1 is 1.41 bits per heavy atom. The number of aryl methyl sites for hydroxylation is 1. The molecule has 3 unspecified atom stereocenters. The number of carbonyl (C=O) groups is 1. The molecule has 1 heterocycles. The maximum Gasteiger partial charge on any atom is 0.223 e. The van der Waals surface area contributed by atoms with Crippen LogP contribution in [0.25, 0.3) is 11.0 Å². The molecule has 0 bridgehead atoms. The van der Waals surface area contributed by atoms with Gasteiger partial charge >= 0.3 is 0 Å². The SMILES string of the molecule is CC(NC(=O)C1CCCC(N)C1)c1nc2ccccc2n1C. The number of aromatic nitrogens is 2. The average molecular weight is 300 g/mol. The molecule has 1 aromatic heterocycles. The number of nitrogens with one attached hydrogen (secondary N) is 1. The zero-order chi connectivity index (χ0) is 15.7. The summed E-state index contributed by atoms with van der Waals surface area (Å²) in [5.74, 6) is 1.03. The first-order valence-corrected chi connectivity index (χ1v) is 8.03. The minimum absolute atomic E-state index is 0.0425. The number of hydrogen-bond donors (Lipinski definition) is 2. The van der Waals surface area contributed by atoms with Crippen LogP contribution in [-0.4, -0.2) is 21.5 Å². The highest BCUT2D eigenvalue weighted by Crippen LogP contribution is 2.25. The van der Waals surface area contributed by atoms with Gasteiger partial charge in [-0.2, -0.15) is 0 Å². The number of nitrogens with two attached hydrogens (primary N) is 1. The summed E-state index contributed by atoms with van der Waals surface area (Å²) in [5.41, 5.74) is 8.02. The molecule has 3 rings (SSSR count). The normalized spacial score (nSPS) is 23.4. The van der Waals surface area contributed by atoms with Crippen LogP contribution in [0.1, 0.15) is 44.5 Å². The van der Waals surface area contributed by atoms with Gasteiger partial charge in [-0.1, -0.05) is 18.6 Å². The summed E-state index contributed by atoms with van der Waals surface area (Å²) in [6, 6.07) is 8.07. The first-order valence-electron chi connectivity index (χ1n) is 8.03. The Kier molecular flexibility index (Phi) is 4.16. The Morgan fingerprint density at radius 3 is 2.91 bits per heavy atom. The quantitative estimate of drug-likeness (QED) is 0.913. The summed E-state index contributed by atoms with van der Waals surface area (Å²) in [6.45, 7) is 1.99. The molecule has 22 heavy (non-hydrogen) atoms. The summed E-state index contributed by atoms with van der Waals surface area (Å²) < 4.78 is 2.05. The maximum atomic E-state index is 12.5. The van der Waals surface area contributed by atoms with Gasteiger partial charge in [0.05, 0.1) is 17.1 Å². The molecule has 1 saturated carbocycles. The van der Waals surface area contributed by atoms with Crippen LogP contribution in [-0.2, 0) is 11.8 Å². The van der Waals surface area contributed by atoms with E-state index >= 15 is 0 Å². The Hall–Kier alpha value is -1.88. The number of carbonyl (C=O) groups excluding carboxylic acids is 1. The van der Waals surface area contributed by atoms with E-state index in [1.807, 2.05) is 42.8 Å². The number of para-hydroxylation sites is 2. The number of amides is 1. The molecule has 1 amide bonds. The van der Waals surface area contributed by atoms with Crippen LogP contribution < -0.4 is 11.1 Å². The van der Waals surface area contributed by atoms with Gasteiger partial charge in [0.2, 0.25) is 5.91 Å². The van der Waals surface area contributed by atoms with Gasteiger partial charge in [-0.3, -0.25) is 4.79 Å². The summed E-state index contributed by atoms with van der Waals surface area (Å²) in [7, 11) is 1.99. The molecule has 1 fully saturated rings. The Morgan fingerprint density at radius 2 is 2.18 bits per heavy atom. The lowest BCUT2D eigenvalue weighted by Gasteiger charge is -2.27. The molecule has 0 aliphatic heterocycles. The van der Waals surface area contributed by atoms with Gasteiger partial charge in [-0.15, -0.1) is 0 Å². The highest BCUT2D eigenvalue weighted by atomic mass is 16.1. The summed E-state index contributed by atoms with van der Waals surface area (Å²) >= 11 is 0. The molecular formula is C17H24N4O. The van der Waals surface area contributed by atoms with E-state index in [0.29, 0.717) is 0 Å². The Labute approximate surface area is 130 Å². The van der Waals surface area contributed by atoms with Crippen molar-refractivity contribution in [2.45, 2.75) is 44.7 Å². The van der Waals surface area contributed by atoms with E-state index < -0.39 is 0 Å². The molecule has 5 nitrogen and oxygen atoms in total. The standard InChI is InChI=1S/C17H24N4O/c1-11(19-17(22)12-6-5-7-13(18)10-12)16-20-14-8-3-4-9-15(14)21(16)2/h3-4,8-9,11-13H,5-7,10,18H2,1-2H3,(H,19,22). The lowest BCUT2D eigenvalue weighted by Crippen LogP contribution is -2.39. The average Bonchev–Trinajstić information content (AvgIpc) is 2.85. The van der Waals surface area contributed by atoms with Crippen LogP contribution in [0.5, 0.6) is 0 Å². The van der Waals surface area contributed by atoms with Crippen LogP contribution >= 0.6 is 0 Å². The molecule has 3 N–H and O–H groups in total. The van der Waals surface area contributed by atoms with Crippen LogP contribution in [0.15, 0.2) is 24.3 Å². The maximum absolute atomic E-state index is 12.5. The van der Waals surface area contributed by atoms with Crippen molar-refractivity contribution in [1.29, 1.82) is 0 Å². The number of rotatable bonds is 3. The van der Waals surface area contributed by atoms with E-state index in [9.17, 15) is 4.79 Å². The largest absolute Gasteiger partial charge is 0.346 e. The van der Waals surface area contributed by atoms with Crippen molar-refractivity contribution in [2.24, 2.45) is 18.7 Å². The Balaban J connectivity index is 1.74. The molecule has 2 aromatic rings. The molecule has 3 atom stereocenters. The number of hydrogen-bond acceptors (Lipinski definition) is 3. The summed E-state index contributed by atoms with van der Waals surface area (Å²) in [5, 5.41) is 3.11. The predicted octanol–water partition coefficient (Wildman–Crippen LogP) is 2.27. The van der Waals surface area contributed by atoms with Crippen LogP contribution in [0.2, 0.25) is 0 Å². The van der Waals surface area contributed by atoms with Crippen molar-refractivity contribution in [3.05, 3.63) is 30.1 Å². The van der Waals surface area contributed by atoms with E-state index in [1.165, 1.54) is 0 Å². The summed E-state index contributed by atoms with van der Waals surface area (Å²) in [6.07, 6.45) is 3.81. The van der Waals surface area contributed by atoms with E-state index in [0.717, 1.165) is 42.5 Å². The monoisotopic (exact) mass is 300 g/mol. The fourth-order valence-electron chi connectivity index (χ4n) is 3.41. The van der Waals surface area contributed by atoms with Gasteiger partial charge in [0.15, 0.2) is 0 Å². The molecule has 1 aromatic carbocycles. The second kappa shape index (κ2) is 6.08. The van der Waals surface area contributed by atoms with Gasteiger partial charge in [0, 0.05) is 19.0 Å². The molecule has 1 aliphatic rings. The van der Waals surface area contributed by atoms with Crippen molar-refractivity contribution in [3.8, 4) is 0 Å². The van der Waals surface area contributed by atoms with Gasteiger partial charge in [0.1, 0.15) is 5.82 Å². The first kappa shape index (κ1) is 15.0. The predicted molar refractivity (Wildman–Crippen MR) is 87.2 cm³/mol. The van der Waals surface area contributed by atoms with Crippen molar-refractivity contribution < 1.29 is 4.79 Å². The number of fused-ring (bicyclic) bond motifs is 1. The zero-order valence-corrected chi connectivity index (χ0v) is 13.2. The third-order valence-electron chi connectivity index (χ3n) is 4.65. The second-order valence-electron chi connectivity index (χ2n) is 6.37. The van der Waals surface area contributed by atoms with Crippen LogP contribution in [0.4, 0.5) is 0 Å². The van der Waals surface area contributed by atoms with E-state index in [1.54, 1.807) is 0 Å². The van der Waals surface area contributed by atoms with Crippen molar-refractivity contribution >= 4 is 16.9 Å². The molecule has 0 saturated heterocycles. The first-order chi connectivity index (χ1) is 10.6. The number of imidazole rings is 1. The van der Waals surface area contributed by atoms with Gasteiger partial charge in [-0.05, 0) is 38.3 Å². The van der Waals surface area contributed by atoms with E-state index in [4.69, 9.17) is 5.73 Å². The molecule has 1 aliphatic carbocycles. The highest BCUT2D eigenvalue weighted by molar-refractivity contribution is 5.80. The van der Waals surface area contributed by atoms with Crippen LogP contribution in [0, 0.1) is 5.92 Å². The number of nitrogens with zero attached hydrogens (tertiary/aromatic N) is 2. The smallest absolute Gasteiger partial charge is 0.223 e. The fourth-order valence-corrected chi connectivity index (χ4v) is 3.41. The van der Waals surface area contributed by atoms with Gasteiger partial charge in [-0.25, -0.2) is 4.98 Å². The minimum Gasteiger partial charge on any atom is -0.346 e. The van der Waals surface area contributed by atoms with Gasteiger partial charge < -0.3 is 15.6 Å². The molecule has 0 spiro atoms. The van der Waals surface area contributed by atoms with Gasteiger partial charge in [0.25, 0.3) is 0 Å². The second-order valence-corrected chi connectivity index (χ2v) is 6.37. The van der Waals surface area contributed by atoms with Crippen LogP contribution in [0.3, 0.4) is 0 Å². The minimum atomic E-state index is -0.108. The molecule has 118 valence electrons. The molecular weight excluding hydrogens is 276 g/mol. The van der Waals surface area contributed by atoms with E-state index in [2.05, 4.69) is 10.3 Å². The lowest BCUT2D eigenvalue weighted by molar-refractivity contribution is -0.126. The Bertz CT molecular complexity index is 678. The zero-order valence-electron chi connectivity index (χ0n) is 13.2. The molecule has 0 radical (unpaired) electrons. The fraction of sp³-hybridized carbons (Fsp3) is 0.529. The third kappa shape index (κ3) is 2.86. The molecule has 5 heteroatoms. The van der Waals surface area contributed by atoms with Crippen molar-refractivity contribution in [2.75, 3.05) is 0 Å². The highest BCUT2D eigenvalue weighted by Gasteiger charge is 2.27. The topological polar surface area (TPSA) is 72.9 Å². The van der Waals surface area contributed by atoms with E-state index in [-0.39, 0.29) is 23.9 Å². The van der Waals surface area contributed by atoms with Crippen molar-refractivity contribution in [1.82, 2.24) is 14.9 Å². The summed E-state index contributed by atoms with van der Waals surface area (Å²) in [4.78, 5) is 17.1. The van der Waals surface area contributed by atoms with Crippen molar-refractivity contribution in [3.63, 3.8) is 0 Å². The third-order valence-corrected chi connectivity index (χ3v) is 4.65. The lowest BCUT2D eigenvalue weighted by atomic mass is 9.85.